The molecule has 2 atom stereocenters. The number of halogens is 2. The summed E-state index contributed by atoms with van der Waals surface area (Å²) in [6.07, 6.45) is 4.23. The van der Waals surface area contributed by atoms with E-state index in [1.807, 2.05) is 36.4 Å². The zero-order valence-corrected chi connectivity index (χ0v) is 24.7. The molecule has 2 N–H and O–H groups in total. The molecule has 0 aliphatic heterocycles. The zero-order chi connectivity index (χ0) is 26.5. The SMILES string of the molecule is O=C(Cc1cccc(Br)n1)Nc1nnc(C2CCCC(c3nnc(NC(=O)Cc4cccc(Br)n4)s3)C2)s1. The summed E-state index contributed by atoms with van der Waals surface area (Å²) in [6.45, 7) is 0. The Morgan fingerprint density at radius 1 is 0.763 bits per heavy atom. The fourth-order valence-corrected chi connectivity index (χ4v) is 6.87. The van der Waals surface area contributed by atoms with Gasteiger partial charge in [-0.25, -0.2) is 9.97 Å². The molecule has 14 heteroatoms. The first kappa shape index (κ1) is 26.9. The minimum Gasteiger partial charge on any atom is -0.300 e. The molecular formula is C24H22Br2N8O2S2. The highest BCUT2D eigenvalue weighted by Crippen LogP contribution is 2.43. The van der Waals surface area contributed by atoms with Crippen molar-refractivity contribution in [3.8, 4) is 0 Å². The van der Waals surface area contributed by atoms with Crippen LogP contribution in [0.5, 0.6) is 0 Å². The van der Waals surface area contributed by atoms with E-state index in [-0.39, 0.29) is 36.5 Å². The number of hydrogen-bond acceptors (Lipinski definition) is 10. The normalized spacial score (nSPS) is 17.2. The summed E-state index contributed by atoms with van der Waals surface area (Å²) in [6, 6.07) is 10.9. The lowest BCUT2D eigenvalue weighted by Gasteiger charge is -2.25. The van der Waals surface area contributed by atoms with Gasteiger partial charge in [-0.3, -0.25) is 9.59 Å². The first-order valence-electron chi connectivity index (χ1n) is 11.9. The van der Waals surface area contributed by atoms with Gasteiger partial charge in [0.15, 0.2) is 0 Å². The first-order valence-corrected chi connectivity index (χ1v) is 15.1. The van der Waals surface area contributed by atoms with Crippen LogP contribution in [0.4, 0.5) is 10.3 Å². The Bertz CT molecular complexity index is 1340. The van der Waals surface area contributed by atoms with Gasteiger partial charge in [0.05, 0.1) is 24.2 Å². The quantitative estimate of drug-likeness (QED) is 0.233. The summed E-state index contributed by atoms with van der Waals surface area (Å²) in [5, 5.41) is 25.6. The van der Waals surface area contributed by atoms with Gasteiger partial charge in [-0.1, -0.05) is 41.2 Å². The summed E-state index contributed by atoms with van der Waals surface area (Å²) in [4.78, 5) is 33.5. The summed E-state index contributed by atoms with van der Waals surface area (Å²) in [7, 11) is 0. The largest absolute Gasteiger partial charge is 0.300 e. The molecule has 0 aromatic carbocycles. The van der Waals surface area contributed by atoms with E-state index in [1.165, 1.54) is 22.7 Å². The van der Waals surface area contributed by atoms with E-state index in [2.05, 4.69) is 72.9 Å². The van der Waals surface area contributed by atoms with Crippen molar-refractivity contribution in [3.05, 3.63) is 67.0 Å². The van der Waals surface area contributed by atoms with Gasteiger partial charge < -0.3 is 10.6 Å². The number of pyridine rings is 2. The van der Waals surface area contributed by atoms with Crippen molar-refractivity contribution in [2.45, 2.75) is 50.4 Å². The van der Waals surface area contributed by atoms with Crippen LogP contribution in [0.25, 0.3) is 0 Å². The highest BCUT2D eigenvalue weighted by molar-refractivity contribution is 9.10. The Balaban J connectivity index is 1.15. The number of nitrogens with one attached hydrogen (secondary N) is 2. The molecular weight excluding hydrogens is 656 g/mol. The monoisotopic (exact) mass is 676 g/mol. The third kappa shape index (κ3) is 7.24. The number of carbonyl (C=O) groups is 2. The second-order valence-electron chi connectivity index (χ2n) is 8.80. The van der Waals surface area contributed by atoms with Crippen LogP contribution < -0.4 is 10.6 Å². The lowest BCUT2D eigenvalue weighted by atomic mass is 9.82. The molecule has 5 rings (SSSR count). The van der Waals surface area contributed by atoms with Crippen LogP contribution in [0.2, 0.25) is 0 Å². The summed E-state index contributed by atoms with van der Waals surface area (Å²) in [5.41, 5.74) is 1.35. The summed E-state index contributed by atoms with van der Waals surface area (Å²) >= 11 is 9.46. The second-order valence-corrected chi connectivity index (χ2v) is 12.4. The van der Waals surface area contributed by atoms with Gasteiger partial charge in [-0.05, 0) is 75.4 Å². The number of rotatable bonds is 8. The van der Waals surface area contributed by atoms with Crippen molar-refractivity contribution < 1.29 is 9.59 Å². The van der Waals surface area contributed by atoms with E-state index in [4.69, 9.17) is 0 Å². The van der Waals surface area contributed by atoms with Crippen molar-refractivity contribution in [3.63, 3.8) is 0 Å². The molecule has 1 saturated carbocycles. The van der Waals surface area contributed by atoms with E-state index in [0.717, 1.165) is 35.7 Å². The van der Waals surface area contributed by atoms with Crippen LogP contribution in [0, 0.1) is 0 Å². The Morgan fingerprint density at radius 2 is 1.24 bits per heavy atom. The molecule has 4 aromatic heterocycles. The molecule has 4 heterocycles. The molecule has 4 aromatic rings. The molecule has 2 unspecified atom stereocenters. The number of hydrogen-bond donors (Lipinski definition) is 2. The number of carbonyl (C=O) groups excluding carboxylic acids is 2. The van der Waals surface area contributed by atoms with Crippen molar-refractivity contribution in [2.75, 3.05) is 10.6 Å². The Morgan fingerprint density at radius 3 is 1.68 bits per heavy atom. The number of anilines is 2. The van der Waals surface area contributed by atoms with Gasteiger partial charge in [0.25, 0.3) is 0 Å². The molecule has 0 saturated heterocycles. The van der Waals surface area contributed by atoms with Crippen LogP contribution in [0.15, 0.2) is 45.6 Å². The predicted octanol–water partition coefficient (Wildman–Crippen LogP) is 5.51. The fourth-order valence-electron chi connectivity index (χ4n) is 4.29. The number of nitrogens with zero attached hydrogens (tertiary/aromatic N) is 6. The molecule has 2 amide bonds. The van der Waals surface area contributed by atoms with E-state index in [9.17, 15) is 9.59 Å². The molecule has 0 radical (unpaired) electrons. The van der Waals surface area contributed by atoms with Crippen LogP contribution in [-0.4, -0.2) is 42.2 Å². The maximum Gasteiger partial charge on any atom is 0.232 e. The van der Waals surface area contributed by atoms with E-state index >= 15 is 0 Å². The maximum atomic E-state index is 12.4. The predicted molar refractivity (Wildman–Crippen MR) is 152 cm³/mol. The molecule has 1 fully saturated rings. The summed E-state index contributed by atoms with van der Waals surface area (Å²) in [5.74, 6) is 0.0965. The van der Waals surface area contributed by atoms with Crippen molar-refractivity contribution in [1.82, 2.24) is 30.4 Å². The van der Waals surface area contributed by atoms with Gasteiger partial charge in [-0.2, -0.15) is 0 Å². The number of aromatic nitrogens is 6. The van der Waals surface area contributed by atoms with Crippen molar-refractivity contribution >= 4 is 76.6 Å². The number of amides is 2. The third-order valence-corrected chi connectivity index (χ3v) is 8.86. The maximum absolute atomic E-state index is 12.4. The molecule has 38 heavy (non-hydrogen) atoms. The minimum absolute atomic E-state index is 0.162. The lowest BCUT2D eigenvalue weighted by molar-refractivity contribution is -0.116. The Labute approximate surface area is 243 Å². The second kappa shape index (κ2) is 12.5. The van der Waals surface area contributed by atoms with Gasteiger partial charge in [0, 0.05) is 11.8 Å². The van der Waals surface area contributed by atoms with Gasteiger partial charge in [0.2, 0.25) is 22.1 Å². The van der Waals surface area contributed by atoms with Crippen LogP contribution in [0.3, 0.4) is 0 Å². The van der Waals surface area contributed by atoms with Crippen molar-refractivity contribution in [1.29, 1.82) is 0 Å². The molecule has 0 spiro atoms. The van der Waals surface area contributed by atoms with Crippen LogP contribution in [-0.2, 0) is 22.4 Å². The molecule has 10 nitrogen and oxygen atoms in total. The van der Waals surface area contributed by atoms with E-state index in [0.29, 0.717) is 30.9 Å². The fraction of sp³-hybridized carbons (Fsp3) is 0.333. The van der Waals surface area contributed by atoms with Gasteiger partial charge in [-0.15, -0.1) is 20.4 Å². The van der Waals surface area contributed by atoms with Crippen LogP contribution in [0.1, 0.15) is 58.9 Å². The first-order chi connectivity index (χ1) is 18.4. The average Bonchev–Trinajstić information content (AvgIpc) is 3.54. The highest BCUT2D eigenvalue weighted by atomic mass is 79.9. The molecule has 0 bridgehead atoms. The van der Waals surface area contributed by atoms with Crippen molar-refractivity contribution in [2.24, 2.45) is 0 Å². The lowest BCUT2D eigenvalue weighted by Crippen LogP contribution is -2.15. The van der Waals surface area contributed by atoms with E-state index < -0.39 is 0 Å². The zero-order valence-electron chi connectivity index (χ0n) is 19.9. The Kier molecular flexibility index (Phi) is 8.82. The summed E-state index contributed by atoms with van der Waals surface area (Å²) < 4.78 is 1.38. The van der Waals surface area contributed by atoms with Gasteiger partial charge >= 0.3 is 0 Å². The molecule has 1 aliphatic rings. The average molecular weight is 678 g/mol. The Hall–Kier alpha value is -2.68. The molecule has 1 aliphatic carbocycles. The smallest absolute Gasteiger partial charge is 0.232 e. The topological polar surface area (TPSA) is 136 Å². The highest BCUT2D eigenvalue weighted by Gasteiger charge is 2.29. The van der Waals surface area contributed by atoms with Gasteiger partial charge in [0.1, 0.15) is 19.2 Å². The standard InChI is InChI=1S/C24H22Br2N8O2S2/c25-17-8-2-6-15(27-17)11-19(35)29-23-33-31-21(37-23)13-4-1-5-14(10-13)22-32-34-24(38-22)30-20(36)12-16-7-3-9-18(26)28-16/h2-3,6-9,13-14H,1,4-5,10-12H2,(H,29,33,35)(H,30,34,36). The van der Waals surface area contributed by atoms with E-state index in [1.54, 1.807) is 0 Å². The third-order valence-electron chi connectivity index (χ3n) is 5.98. The minimum atomic E-state index is -0.182. The molecule has 196 valence electrons. The van der Waals surface area contributed by atoms with Crippen LogP contribution >= 0.6 is 54.5 Å².